The molecule has 0 aliphatic rings. The van der Waals surface area contributed by atoms with E-state index in [0.29, 0.717) is 16.5 Å². The number of carbonyl (C=O) groups is 1. The van der Waals surface area contributed by atoms with E-state index in [4.69, 9.17) is 16.3 Å². The largest absolute Gasteiger partial charge is 0.471 e. The Labute approximate surface area is 135 Å². The fourth-order valence-electron chi connectivity index (χ4n) is 2.10. The molecular formula is C16H20ClN3O2. The van der Waals surface area contributed by atoms with Crippen molar-refractivity contribution in [1.29, 1.82) is 0 Å². The molecule has 2 aromatic rings. The number of benzene rings is 1. The lowest BCUT2D eigenvalue weighted by Gasteiger charge is -2.11. The highest BCUT2D eigenvalue weighted by Gasteiger charge is 2.14. The van der Waals surface area contributed by atoms with Gasteiger partial charge in [-0.1, -0.05) is 31.5 Å². The van der Waals surface area contributed by atoms with Crippen molar-refractivity contribution in [3.63, 3.8) is 0 Å². The third-order valence-corrected chi connectivity index (χ3v) is 3.65. The van der Waals surface area contributed by atoms with Crippen LogP contribution in [0.4, 0.5) is 5.69 Å². The average Bonchev–Trinajstić information content (AvgIpc) is 2.94. The summed E-state index contributed by atoms with van der Waals surface area (Å²) < 4.78 is 7.20. The van der Waals surface area contributed by atoms with Gasteiger partial charge in [0.1, 0.15) is 5.75 Å². The molecule has 5 nitrogen and oxygen atoms in total. The van der Waals surface area contributed by atoms with Crippen LogP contribution in [-0.2, 0) is 11.5 Å². The number of carbonyl (C=O) groups excluding carboxylic acids is 1. The van der Waals surface area contributed by atoms with Gasteiger partial charge in [-0.3, -0.25) is 4.79 Å². The number of rotatable bonds is 7. The highest BCUT2D eigenvalue weighted by atomic mass is 35.5. The minimum absolute atomic E-state index is 0.0281. The van der Waals surface area contributed by atoms with Crippen molar-refractivity contribution in [2.75, 3.05) is 5.32 Å². The molecule has 1 N–H and O–H groups in total. The van der Waals surface area contributed by atoms with Gasteiger partial charge in [0.15, 0.2) is 6.73 Å². The molecule has 1 aromatic heterocycles. The summed E-state index contributed by atoms with van der Waals surface area (Å²) in [5, 5.41) is 7.66. The second kappa shape index (κ2) is 7.84. The third-order valence-electron chi connectivity index (χ3n) is 3.42. The van der Waals surface area contributed by atoms with Gasteiger partial charge in [0.2, 0.25) is 5.91 Å². The van der Waals surface area contributed by atoms with Gasteiger partial charge < -0.3 is 10.1 Å². The Hall–Kier alpha value is -2.01. The standard InChI is InChI=1S/C16H20ClN3O2/c1-3-12(4-2)16(21)19-14-9-18-20(10-14)11-22-15-7-5-6-13(17)8-15/h5-10,12H,3-4,11H2,1-2H3,(H,19,21). The van der Waals surface area contributed by atoms with Crippen molar-refractivity contribution in [1.82, 2.24) is 9.78 Å². The molecule has 0 fully saturated rings. The summed E-state index contributed by atoms with van der Waals surface area (Å²) in [6, 6.07) is 7.17. The van der Waals surface area contributed by atoms with E-state index in [2.05, 4.69) is 10.4 Å². The van der Waals surface area contributed by atoms with Crippen LogP contribution in [0.5, 0.6) is 5.75 Å². The van der Waals surface area contributed by atoms with Crippen molar-refractivity contribution in [3.8, 4) is 5.75 Å². The molecule has 22 heavy (non-hydrogen) atoms. The fourth-order valence-corrected chi connectivity index (χ4v) is 2.28. The average molecular weight is 322 g/mol. The van der Waals surface area contributed by atoms with Crippen molar-refractivity contribution in [2.45, 2.75) is 33.4 Å². The Bertz CT molecular complexity index is 623. The van der Waals surface area contributed by atoms with E-state index in [-0.39, 0.29) is 18.6 Å². The van der Waals surface area contributed by atoms with Gasteiger partial charge in [-0.15, -0.1) is 0 Å². The molecule has 0 aliphatic heterocycles. The summed E-state index contributed by atoms with van der Waals surface area (Å²) in [7, 11) is 0. The molecule has 1 amide bonds. The summed E-state index contributed by atoms with van der Waals surface area (Å²) in [4.78, 5) is 12.0. The van der Waals surface area contributed by atoms with E-state index >= 15 is 0 Å². The normalized spacial score (nSPS) is 10.7. The Morgan fingerprint density at radius 3 is 2.86 bits per heavy atom. The highest BCUT2D eigenvalue weighted by molar-refractivity contribution is 6.30. The van der Waals surface area contributed by atoms with Gasteiger partial charge >= 0.3 is 0 Å². The molecule has 6 heteroatoms. The molecule has 1 aromatic carbocycles. The predicted octanol–water partition coefficient (Wildman–Crippen LogP) is 3.95. The van der Waals surface area contributed by atoms with Crippen molar-refractivity contribution in [3.05, 3.63) is 41.7 Å². The van der Waals surface area contributed by atoms with Crippen molar-refractivity contribution < 1.29 is 9.53 Å². The zero-order valence-electron chi connectivity index (χ0n) is 12.8. The second-order valence-corrected chi connectivity index (χ2v) is 5.44. The zero-order chi connectivity index (χ0) is 15.9. The molecule has 2 rings (SSSR count). The fraction of sp³-hybridized carbons (Fsp3) is 0.375. The Balaban J connectivity index is 1.90. The van der Waals surface area contributed by atoms with E-state index in [1.165, 1.54) is 0 Å². The summed E-state index contributed by atoms with van der Waals surface area (Å²) in [6.07, 6.45) is 5.01. The third kappa shape index (κ3) is 4.49. The monoisotopic (exact) mass is 321 g/mol. The Morgan fingerprint density at radius 1 is 1.41 bits per heavy atom. The number of hydrogen-bond donors (Lipinski definition) is 1. The molecule has 0 spiro atoms. The molecule has 1 heterocycles. The van der Waals surface area contributed by atoms with Crippen LogP contribution in [-0.4, -0.2) is 15.7 Å². The van der Waals surface area contributed by atoms with Crippen LogP contribution in [0.3, 0.4) is 0 Å². The van der Waals surface area contributed by atoms with Crippen LogP contribution in [0.1, 0.15) is 26.7 Å². The van der Waals surface area contributed by atoms with E-state index in [9.17, 15) is 4.79 Å². The number of ether oxygens (including phenoxy) is 1. The molecule has 0 atom stereocenters. The molecule has 0 radical (unpaired) electrons. The molecule has 0 saturated heterocycles. The molecule has 0 aliphatic carbocycles. The topological polar surface area (TPSA) is 56.2 Å². The first-order valence-corrected chi connectivity index (χ1v) is 7.71. The zero-order valence-corrected chi connectivity index (χ0v) is 13.5. The van der Waals surface area contributed by atoms with E-state index in [1.807, 2.05) is 26.0 Å². The van der Waals surface area contributed by atoms with Crippen LogP contribution in [0, 0.1) is 5.92 Å². The van der Waals surface area contributed by atoms with Crippen LogP contribution < -0.4 is 10.1 Å². The van der Waals surface area contributed by atoms with Gasteiger partial charge in [0.05, 0.1) is 18.1 Å². The number of amides is 1. The Kier molecular flexibility index (Phi) is 5.83. The van der Waals surface area contributed by atoms with Gasteiger partial charge in [-0.25, -0.2) is 4.68 Å². The molecular weight excluding hydrogens is 302 g/mol. The summed E-state index contributed by atoms with van der Waals surface area (Å²) >= 11 is 5.90. The number of halogens is 1. The minimum atomic E-state index is 0.0281. The summed E-state index contributed by atoms with van der Waals surface area (Å²) in [5.74, 6) is 0.733. The van der Waals surface area contributed by atoms with Crippen LogP contribution in [0.25, 0.3) is 0 Å². The summed E-state index contributed by atoms with van der Waals surface area (Å²) in [5.41, 5.74) is 0.673. The first-order valence-electron chi connectivity index (χ1n) is 7.34. The van der Waals surface area contributed by atoms with Gasteiger partial charge in [-0.05, 0) is 31.0 Å². The maximum absolute atomic E-state index is 12.0. The quantitative estimate of drug-likeness (QED) is 0.840. The molecule has 0 saturated carbocycles. The number of nitrogens with zero attached hydrogens (tertiary/aromatic N) is 2. The predicted molar refractivity (Wildman–Crippen MR) is 87.0 cm³/mol. The van der Waals surface area contributed by atoms with Crippen LogP contribution >= 0.6 is 11.6 Å². The lowest BCUT2D eigenvalue weighted by atomic mass is 10.0. The van der Waals surface area contributed by atoms with Gasteiger partial charge in [-0.2, -0.15) is 5.10 Å². The first kappa shape index (κ1) is 16.4. The van der Waals surface area contributed by atoms with Crippen LogP contribution in [0.15, 0.2) is 36.7 Å². The number of anilines is 1. The highest BCUT2D eigenvalue weighted by Crippen LogP contribution is 2.18. The van der Waals surface area contributed by atoms with Gasteiger partial charge in [0, 0.05) is 10.9 Å². The maximum atomic E-state index is 12.0. The van der Waals surface area contributed by atoms with E-state index in [1.54, 1.807) is 29.2 Å². The Morgan fingerprint density at radius 2 is 2.18 bits per heavy atom. The summed E-state index contributed by atoms with van der Waals surface area (Å²) in [6.45, 7) is 4.27. The van der Waals surface area contributed by atoms with E-state index < -0.39 is 0 Å². The lowest BCUT2D eigenvalue weighted by Crippen LogP contribution is -2.21. The van der Waals surface area contributed by atoms with Crippen LogP contribution in [0.2, 0.25) is 5.02 Å². The lowest BCUT2D eigenvalue weighted by molar-refractivity contribution is -0.120. The number of aromatic nitrogens is 2. The van der Waals surface area contributed by atoms with Gasteiger partial charge in [0.25, 0.3) is 0 Å². The van der Waals surface area contributed by atoms with E-state index in [0.717, 1.165) is 12.8 Å². The molecule has 0 bridgehead atoms. The first-order chi connectivity index (χ1) is 10.6. The number of nitrogens with one attached hydrogen (secondary N) is 1. The SMILES string of the molecule is CCC(CC)C(=O)Nc1cnn(COc2cccc(Cl)c2)c1. The second-order valence-electron chi connectivity index (χ2n) is 5.00. The van der Waals surface area contributed by atoms with Crippen molar-refractivity contribution >= 4 is 23.2 Å². The smallest absolute Gasteiger partial charge is 0.227 e. The van der Waals surface area contributed by atoms with Crippen molar-refractivity contribution in [2.24, 2.45) is 5.92 Å². The molecule has 0 unspecified atom stereocenters. The molecule has 118 valence electrons. The maximum Gasteiger partial charge on any atom is 0.227 e. The number of hydrogen-bond acceptors (Lipinski definition) is 3. The minimum Gasteiger partial charge on any atom is -0.471 e.